The molecule has 0 saturated heterocycles. The quantitative estimate of drug-likeness (QED) is 0.294. The van der Waals surface area contributed by atoms with E-state index in [4.69, 9.17) is 24.0 Å². The van der Waals surface area contributed by atoms with Crippen LogP contribution in [0.3, 0.4) is 0 Å². The van der Waals surface area contributed by atoms with Crippen LogP contribution in [0.25, 0.3) is 0 Å². The van der Waals surface area contributed by atoms with E-state index < -0.39 is 0 Å². The number of fused-ring (bicyclic) bond motifs is 3. The van der Waals surface area contributed by atoms with Crippen LogP contribution in [0.1, 0.15) is 40.9 Å². The first-order valence-corrected chi connectivity index (χ1v) is 12.3. The highest BCUT2D eigenvalue weighted by molar-refractivity contribution is 6.02. The van der Waals surface area contributed by atoms with Crippen LogP contribution in [0.2, 0.25) is 0 Å². The highest BCUT2D eigenvalue weighted by Gasteiger charge is 2.41. The van der Waals surface area contributed by atoms with Crippen molar-refractivity contribution in [2.24, 2.45) is 5.10 Å². The Morgan fingerprint density at radius 3 is 2.38 bits per heavy atom. The van der Waals surface area contributed by atoms with Gasteiger partial charge in [-0.2, -0.15) is 5.10 Å². The number of hydrogen-bond acceptors (Lipinski definition) is 6. The van der Waals surface area contributed by atoms with Gasteiger partial charge >= 0.3 is 0 Å². The Morgan fingerprint density at radius 2 is 1.59 bits per heavy atom. The van der Waals surface area contributed by atoms with E-state index in [9.17, 15) is 0 Å². The van der Waals surface area contributed by atoms with Crippen LogP contribution in [0, 0.1) is 0 Å². The highest BCUT2D eigenvalue weighted by Crippen LogP contribution is 2.47. The lowest BCUT2D eigenvalue weighted by Crippen LogP contribution is -2.33. The van der Waals surface area contributed by atoms with Crippen molar-refractivity contribution in [3.8, 4) is 23.0 Å². The first kappa shape index (κ1) is 23.0. The second kappa shape index (κ2) is 9.90. The molecule has 0 N–H and O–H groups in total. The zero-order chi connectivity index (χ0) is 25.2. The molecule has 6 nitrogen and oxygen atoms in total. The largest absolute Gasteiger partial charge is 0.493 e. The number of hydrogen-bond donors (Lipinski definition) is 0. The van der Waals surface area contributed by atoms with Gasteiger partial charge in [-0.3, -0.25) is 0 Å². The van der Waals surface area contributed by atoms with Crippen molar-refractivity contribution >= 4 is 5.71 Å². The molecule has 4 aromatic carbocycles. The molecular formula is C31H28N2O4. The maximum atomic E-state index is 6.50. The second-order valence-electron chi connectivity index (χ2n) is 9.07. The van der Waals surface area contributed by atoms with E-state index in [2.05, 4.69) is 35.3 Å². The van der Waals surface area contributed by atoms with Gasteiger partial charge in [0.25, 0.3) is 0 Å². The Bertz CT molecular complexity index is 1420. The summed E-state index contributed by atoms with van der Waals surface area (Å²) in [5, 5.41) is 7.14. The SMILES string of the molecule is COc1ccc(C2=NN3[C@H](C2)c2ccccc2O[C@@H]3c2ccc(OCc3ccccc3)cc2)cc1OC. The number of para-hydroxylation sites is 1. The van der Waals surface area contributed by atoms with Crippen LogP contribution in [0.5, 0.6) is 23.0 Å². The van der Waals surface area contributed by atoms with Crippen molar-refractivity contribution in [2.75, 3.05) is 14.2 Å². The van der Waals surface area contributed by atoms with Crippen molar-refractivity contribution in [1.29, 1.82) is 0 Å². The van der Waals surface area contributed by atoms with Crippen molar-refractivity contribution in [1.82, 2.24) is 5.01 Å². The van der Waals surface area contributed by atoms with Crippen molar-refractivity contribution < 1.29 is 18.9 Å². The van der Waals surface area contributed by atoms with Gasteiger partial charge in [-0.25, -0.2) is 5.01 Å². The van der Waals surface area contributed by atoms with E-state index in [1.54, 1.807) is 14.2 Å². The van der Waals surface area contributed by atoms with Crippen LogP contribution in [0.4, 0.5) is 0 Å². The van der Waals surface area contributed by atoms with Crippen LogP contribution >= 0.6 is 0 Å². The molecule has 2 aliphatic heterocycles. The number of rotatable bonds is 7. The fourth-order valence-electron chi connectivity index (χ4n) is 4.91. The molecule has 186 valence electrons. The fraction of sp³-hybridized carbons (Fsp3) is 0.194. The van der Waals surface area contributed by atoms with E-state index in [1.807, 2.05) is 66.7 Å². The molecule has 0 aromatic heterocycles. The fourth-order valence-corrected chi connectivity index (χ4v) is 4.91. The molecule has 6 rings (SSSR count). The van der Waals surface area contributed by atoms with Crippen LogP contribution in [-0.4, -0.2) is 24.9 Å². The molecule has 0 amide bonds. The van der Waals surface area contributed by atoms with Gasteiger partial charge in [0.05, 0.1) is 26.0 Å². The zero-order valence-corrected chi connectivity index (χ0v) is 20.8. The number of nitrogens with zero attached hydrogens (tertiary/aromatic N) is 2. The molecule has 0 radical (unpaired) electrons. The summed E-state index contributed by atoms with van der Waals surface area (Å²) in [5.41, 5.74) is 5.28. The smallest absolute Gasteiger partial charge is 0.213 e. The molecule has 0 aliphatic carbocycles. The molecule has 0 unspecified atom stereocenters. The minimum Gasteiger partial charge on any atom is -0.493 e. The highest BCUT2D eigenvalue weighted by atomic mass is 16.5. The average molecular weight is 493 g/mol. The van der Waals surface area contributed by atoms with Crippen LogP contribution in [-0.2, 0) is 6.61 Å². The molecule has 37 heavy (non-hydrogen) atoms. The second-order valence-corrected chi connectivity index (χ2v) is 9.07. The number of benzene rings is 4. The number of ether oxygens (including phenoxy) is 4. The Balaban J connectivity index is 1.29. The summed E-state index contributed by atoms with van der Waals surface area (Å²) in [7, 11) is 3.29. The molecule has 2 heterocycles. The van der Waals surface area contributed by atoms with Crippen LogP contribution < -0.4 is 18.9 Å². The number of hydrazone groups is 1. The summed E-state index contributed by atoms with van der Waals surface area (Å²) >= 11 is 0. The summed E-state index contributed by atoms with van der Waals surface area (Å²) in [6.07, 6.45) is 0.422. The van der Waals surface area contributed by atoms with E-state index in [0.29, 0.717) is 18.1 Å². The Hall–Kier alpha value is -4.45. The van der Waals surface area contributed by atoms with Gasteiger partial charge in [0, 0.05) is 23.1 Å². The lowest BCUT2D eigenvalue weighted by Gasteiger charge is -2.38. The van der Waals surface area contributed by atoms with Crippen LogP contribution in [0.15, 0.2) is 102 Å². The van der Waals surface area contributed by atoms with Gasteiger partial charge in [-0.1, -0.05) is 48.5 Å². The summed E-state index contributed by atoms with van der Waals surface area (Å²) in [6.45, 7) is 0.528. The Labute approximate surface area is 216 Å². The van der Waals surface area contributed by atoms with Gasteiger partial charge in [0.2, 0.25) is 6.23 Å². The average Bonchev–Trinajstić information content (AvgIpc) is 3.42. The van der Waals surface area contributed by atoms with E-state index in [0.717, 1.165) is 45.9 Å². The van der Waals surface area contributed by atoms with Gasteiger partial charge in [-0.15, -0.1) is 0 Å². The lowest BCUT2D eigenvalue weighted by atomic mass is 9.96. The summed E-state index contributed by atoms with van der Waals surface area (Å²) in [6, 6.07) is 32.5. The van der Waals surface area contributed by atoms with Gasteiger partial charge < -0.3 is 18.9 Å². The monoisotopic (exact) mass is 492 g/mol. The molecule has 6 heteroatoms. The molecule has 4 aromatic rings. The van der Waals surface area contributed by atoms with Crippen molar-refractivity contribution in [3.05, 3.63) is 119 Å². The minimum atomic E-state index is -0.347. The van der Waals surface area contributed by atoms with E-state index in [-0.39, 0.29) is 12.3 Å². The maximum Gasteiger partial charge on any atom is 0.213 e. The zero-order valence-electron chi connectivity index (χ0n) is 20.8. The Kier molecular flexibility index (Phi) is 6.15. The topological polar surface area (TPSA) is 52.5 Å². The van der Waals surface area contributed by atoms with Gasteiger partial charge in [-0.05, 0) is 54.1 Å². The minimum absolute atomic E-state index is 0.0760. The molecular weight excluding hydrogens is 464 g/mol. The normalized spacial score (nSPS) is 17.8. The Morgan fingerprint density at radius 1 is 0.838 bits per heavy atom. The third kappa shape index (κ3) is 4.47. The van der Waals surface area contributed by atoms with Crippen molar-refractivity contribution in [2.45, 2.75) is 25.3 Å². The molecule has 0 spiro atoms. The maximum absolute atomic E-state index is 6.50. The molecule has 0 bridgehead atoms. The van der Waals surface area contributed by atoms with Gasteiger partial charge in [0.15, 0.2) is 11.5 Å². The third-order valence-corrected chi connectivity index (χ3v) is 6.83. The predicted molar refractivity (Wildman–Crippen MR) is 142 cm³/mol. The van der Waals surface area contributed by atoms with E-state index in [1.165, 1.54) is 0 Å². The van der Waals surface area contributed by atoms with Gasteiger partial charge in [0.1, 0.15) is 18.1 Å². The van der Waals surface area contributed by atoms with Crippen molar-refractivity contribution in [3.63, 3.8) is 0 Å². The first-order chi connectivity index (χ1) is 18.2. The predicted octanol–water partition coefficient (Wildman–Crippen LogP) is 6.53. The summed E-state index contributed by atoms with van der Waals surface area (Å²) in [4.78, 5) is 0. The summed E-state index contributed by atoms with van der Waals surface area (Å²) in [5.74, 6) is 3.09. The molecule has 0 saturated carbocycles. The number of methoxy groups -OCH3 is 2. The first-order valence-electron chi connectivity index (χ1n) is 12.3. The third-order valence-electron chi connectivity index (χ3n) is 6.83. The molecule has 2 atom stereocenters. The summed E-state index contributed by atoms with van der Waals surface area (Å²) < 4.78 is 23.4. The van der Waals surface area contributed by atoms with E-state index >= 15 is 0 Å². The molecule has 0 fully saturated rings. The lowest BCUT2D eigenvalue weighted by molar-refractivity contribution is -0.0190. The standard InChI is InChI=1S/C31H28N2O4/c1-34-29-17-14-23(18-30(29)35-2)26-19-27-25-10-6-7-11-28(25)37-31(33(27)32-26)22-12-15-24(16-13-22)36-20-21-8-4-3-5-9-21/h3-18,27,31H,19-20H2,1-2H3/t27-,31-/m1/s1. The molecule has 2 aliphatic rings.